The van der Waals surface area contributed by atoms with Crippen LogP contribution in [0.1, 0.15) is 23.6 Å². The zero-order chi connectivity index (χ0) is 18.6. The summed E-state index contributed by atoms with van der Waals surface area (Å²) < 4.78 is 0. The van der Waals surface area contributed by atoms with E-state index in [0.717, 1.165) is 11.1 Å². The van der Waals surface area contributed by atoms with Crippen LogP contribution in [-0.4, -0.2) is 18.4 Å². The van der Waals surface area contributed by atoms with Crippen LogP contribution in [0.2, 0.25) is 5.02 Å². The maximum absolute atomic E-state index is 12.4. The van der Waals surface area contributed by atoms with Crippen molar-refractivity contribution in [3.63, 3.8) is 0 Å². The molecule has 0 aromatic heterocycles. The molecule has 0 aliphatic carbocycles. The monoisotopic (exact) mass is 355 g/mol. The topological polar surface area (TPSA) is 73.2 Å². The van der Waals surface area contributed by atoms with Gasteiger partial charge in [-0.3, -0.25) is 9.59 Å². The van der Waals surface area contributed by atoms with Gasteiger partial charge in [0, 0.05) is 12.6 Å². The van der Waals surface area contributed by atoms with Crippen molar-refractivity contribution >= 4 is 34.8 Å². The molecule has 2 amide bonds. The Labute approximate surface area is 151 Å². The predicted octanol–water partition coefficient (Wildman–Crippen LogP) is 3.82. The highest BCUT2D eigenvalue weighted by molar-refractivity contribution is 6.34. The molecule has 0 fully saturated rings. The summed E-state index contributed by atoms with van der Waals surface area (Å²) in [6, 6.07) is 12.3. The Bertz CT molecular complexity index is 848. The van der Waals surface area contributed by atoms with Crippen LogP contribution in [0, 0.1) is 25.2 Å². The second kappa shape index (κ2) is 7.82. The zero-order valence-corrected chi connectivity index (χ0v) is 15.0. The minimum absolute atomic E-state index is 0.171. The molecular formula is C19H18ClN3O2. The van der Waals surface area contributed by atoms with E-state index in [0.29, 0.717) is 22.0 Å². The Balaban J connectivity index is 2.24. The van der Waals surface area contributed by atoms with Crippen LogP contribution in [-0.2, 0) is 9.59 Å². The van der Waals surface area contributed by atoms with Crippen LogP contribution >= 0.6 is 11.6 Å². The van der Waals surface area contributed by atoms with Crippen LogP contribution in [0.4, 0.5) is 11.4 Å². The van der Waals surface area contributed by atoms with E-state index in [2.05, 4.69) is 5.32 Å². The first kappa shape index (κ1) is 18.5. The van der Waals surface area contributed by atoms with Crippen LogP contribution in [0.25, 0.3) is 0 Å². The normalized spacial score (nSPS) is 10.0. The van der Waals surface area contributed by atoms with E-state index in [9.17, 15) is 9.59 Å². The molecule has 0 unspecified atom stereocenters. The molecule has 0 heterocycles. The fourth-order valence-corrected chi connectivity index (χ4v) is 3.03. The standard InChI is InChI=1S/C19H18ClN3O2/c1-12-7-13(2)19(17(20)8-12)23(14(3)24)11-18(25)22-16-6-4-5-15(9-16)10-21/h4-9H,11H2,1-3H3,(H,22,25). The Morgan fingerprint density at radius 1 is 1.24 bits per heavy atom. The molecule has 0 radical (unpaired) electrons. The van der Waals surface area contributed by atoms with Gasteiger partial charge in [0.15, 0.2) is 0 Å². The number of nitrogens with zero attached hydrogens (tertiary/aromatic N) is 2. The number of carbonyl (C=O) groups excluding carboxylic acids is 2. The predicted molar refractivity (Wildman–Crippen MR) is 98.7 cm³/mol. The van der Waals surface area contributed by atoms with E-state index < -0.39 is 0 Å². The lowest BCUT2D eigenvalue weighted by atomic mass is 10.1. The zero-order valence-electron chi connectivity index (χ0n) is 14.3. The average molecular weight is 356 g/mol. The largest absolute Gasteiger partial charge is 0.324 e. The minimum atomic E-state index is -0.374. The summed E-state index contributed by atoms with van der Waals surface area (Å²) in [5, 5.41) is 12.0. The number of carbonyl (C=O) groups is 2. The van der Waals surface area contributed by atoms with Gasteiger partial charge in [0.2, 0.25) is 11.8 Å². The lowest BCUT2D eigenvalue weighted by Crippen LogP contribution is -2.37. The van der Waals surface area contributed by atoms with E-state index in [1.54, 1.807) is 30.3 Å². The van der Waals surface area contributed by atoms with Gasteiger partial charge in [0.25, 0.3) is 0 Å². The van der Waals surface area contributed by atoms with Crippen molar-refractivity contribution in [3.8, 4) is 6.07 Å². The number of halogens is 1. The Kier molecular flexibility index (Phi) is 5.79. The summed E-state index contributed by atoms with van der Waals surface area (Å²) in [7, 11) is 0. The van der Waals surface area contributed by atoms with Gasteiger partial charge in [-0.2, -0.15) is 5.26 Å². The molecule has 0 spiro atoms. The minimum Gasteiger partial charge on any atom is -0.324 e. The number of hydrogen-bond donors (Lipinski definition) is 1. The first-order valence-corrected chi connectivity index (χ1v) is 8.04. The van der Waals surface area contributed by atoms with Gasteiger partial charge in [-0.05, 0) is 49.2 Å². The molecule has 128 valence electrons. The molecule has 2 aromatic carbocycles. The molecule has 1 N–H and O–H groups in total. The van der Waals surface area contributed by atoms with E-state index in [1.165, 1.54) is 11.8 Å². The van der Waals surface area contributed by atoms with Gasteiger partial charge in [-0.15, -0.1) is 0 Å². The third-order valence-electron chi connectivity index (χ3n) is 3.63. The van der Waals surface area contributed by atoms with Crippen molar-refractivity contribution in [2.24, 2.45) is 0 Å². The van der Waals surface area contributed by atoms with E-state index in [-0.39, 0.29) is 18.4 Å². The molecule has 0 atom stereocenters. The summed E-state index contributed by atoms with van der Waals surface area (Å²) in [5.41, 5.74) is 3.27. The van der Waals surface area contributed by atoms with Crippen LogP contribution in [0.5, 0.6) is 0 Å². The van der Waals surface area contributed by atoms with Crippen LogP contribution < -0.4 is 10.2 Å². The van der Waals surface area contributed by atoms with Crippen LogP contribution in [0.3, 0.4) is 0 Å². The molecule has 2 aromatic rings. The highest BCUT2D eigenvalue weighted by Crippen LogP contribution is 2.31. The van der Waals surface area contributed by atoms with E-state index >= 15 is 0 Å². The highest BCUT2D eigenvalue weighted by Gasteiger charge is 2.20. The molecule has 0 aliphatic heterocycles. The van der Waals surface area contributed by atoms with Gasteiger partial charge in [0.05, 0.1) is 22.3 Å². The van der Waals surface area contributed by atoms with Crippen LogP contribution in [0.15, 0.2) is 36.4 Å². The van der Waals surface area contributed by atoms with Gasteiger partial charge >= 0.3 is 0 Å². The second-order valence-electron chi connectivity index (χ2n) is 5.76. The maximum atomic E-state index is 12.4. The summed E-state index contributed by atoms with van der Waals surface area (Å²) in [6.45, 7) is 4.98. The van der Waals surface area contributed by atoms with Crippen molar-refractivity contribution in [2.45, 2.75) is 20.8 Å². The average Bonchev–Trinajstić information content (AvgIpc) is 2.53. The van der Waals surface area contributed by atoms with Gasteiger partial charge in [-0.25, -0.2) is 0 Å². The molecular weight excluding hydrogens is 338 g/mol. The summed E-state index contributed by atoms with van der Waals surface area (Å²) in [4.78, 5) is 25.8. The third kappa shape index (κ3) is 4.59. The summed E-state index contributed by atoms with van der Waals surface area (Å²) in [5.74, 6) is -0.656. The molecule has 0 saturated carbocycles. The number of rotatable bonds is 4. The number of amides is 2. The second-order valence-corrected chi connectivity index (χ2v) is 6.17. The van der Waals surface area contributed by atoms with Crippen molar-refractivity contribution in [1.29, 1.82) is 5.26 Å². The molecule has 6 heteroatoms. The first-order chi connectivity index (χ1) is 11.8. The molecule has 25 heavy (non-hydrogen) atoms. The summed E-state index contributed by atoms with van der Waals surface area (Å²) in [6.07, 6.45) is 0. The molecule has 0 saturated heterocycles. The smallest absolute Gasteiger partial charge is 0.244 e. The number of anilines is 2. The Morgan fingerprint density at radius 3 is 2.56 bits per heavy atom. The lowest BCUT2D eigenvalue weighted by Gasteiger charge is -2.24. The molecule has 0 bridgehead atoms. The highest BCUT2D eigenvalue weighted by atomic mass is 35.5. The van der Waals surface area contributed by atoms with Crippen molar-refractivity contribution in [2.75, 3.05) is 16.8 Å². The number of nitrogens with one attached hydrogen (secondary N) is 1. The first-order valence-electron chi connectivity index (χ1n) is 7.66. The number of nitriles is 1. The third-order valence-corrected chi connectivity index (χ3v) is 3.91. The fraction of sp³-hybridized carbons (Fsp3) is 0.211. The van der Waals surface area contributed by atoms with Crippen molar-refractivity contribution < 1.29 is 9.59 Å². The van der Waals surface area contributed by atoms with E-state index in [1.807, 2.05) is 26.0 Å². The van der Waals surface area contributed by atoms with Gasteiger partial charge in [-0.1, -0.05) is 23.7 Å². The Morgan fingerprint density at radius 2 is 1.96 bits per heavy atom. The molecule has 0 aliphatic rings. The summed E-state index contributed by atoms with van der Waals surface area (Å²) >= 11 is 6.30. The maximum Gasteiger partial charge on any atom is 0.244 e. The molecule has 2 rings (SSSR count). The SMILES string of the molecule is CC(=O)N(CC(=O)Nc1cccc(C#N)c1)c1c(C)cc(C)cc1Cl. The number of benzene rings is 2. The Hall–Kier alpha value is -2.84. The fourth-order valence-electron chi connectivity index (χ4n) is 2.61. The van der Waals surface area contributed by atoms with Gasteiger partial charge in [0.1, 0.15) is 6.54 Å². The van der Waals surface area contributed by atoms with E-state index in [4.69, 9.17) is 16.9 Å². The quantitative estimate of drug-likeness (QED) is 0.906. The van der Waals surface area contributed by atoms with Crippen molar-refractivity contribution in [3.05, 3.63) is 58.1 Å². The lowest BCUT2D eigenvalue weighted by molar-refractivity contribution is -0.120. The number of hydrogen-bond acceptors (Lipinski definition) is 3. The van der Waals surface area contributed by atoms with Gasteiger partial charge < -0.3 is 10.2 Å². The number of aryl methyl sites for hydroxylation is 2. The van der Waals surface area contributed by atoms with Crippen molar-refractivity contribution in [1.82, 2.24) is 0 Å². The molecule has 5 nitrogen and oxygen atoms in total.